The van der Waals surface area contributed by atoms with Crippen molar-refractivity contribution < 1.29 is 19.2 Å². The molecule has 2 N–H and O–H groups in total. The highest BCUT2D eigenvalue weighted by Crippen LogP contribution is 2.46. The lowest BCUT2D eigenvalue weighted by molar-refractivity contribution is 0.0984. The summed E-state index contributed by atoms with van der Waals surface area (Å²) in [7, 11) is 0. The average molecular weight is 486 g/mol. The molecule has 1 saturated carbocycles. The largest absolute Gasteiger partial charge is 0.411 e. The summed E-state index contributed by atoms with van der Waals surface area (Å²) < 4.78 is 13.6. The van der Waals surface area contributed by atoms with Gasteiger partial charge < -0.3 is 15.4 Å². The Kier molecular flexibility index (Phi) is 6.31. The average Bonchev–Trinajstić information content (AvgIpc) is 3.20. The third kappa shape index (κ3) is 4.37. The molecule has 1 spiro atoms. The maximum atomic E-state index is 13.6. The molecule has 6 nitrogen and oxygen atoms in total. The van der Waals surface area contributed by atoms with Gasteiger partial charge in [0.05, 0.1) is 5.71 Å². The normalized spacial score (nSPS) is 20.3. The summed E-state index contributed by atoms with van der Waals surface area (Å²) in [6.45, 7) is 2.27. The third-order valence-corrected chi connectivity index (χ3v) is 7.51. The number of benzene rings is 3. The van der Waals surface area contributed by atoms with Gasteiger partial charge in [-0.3, -0.25) is 9.59 Å². The fourth-order valence-corrected chi connectivity index (χ4v) is 5.54. The van der Waals surface area contributed by atoms with E-state index in [0.29, 0.717) is 23.4 Å². The number of anilines is 2. The lowest BCUT2D eigenvalue weighted by Crippen LogP contribution is -2.35. The van der Waals surface area contributed by atoms with Crippen molar-refractivity contribution in [3.63, 3.8) is 0 Å². The molecule has 1 unspecified atom stereocenters. The molecule has 184 valence electrons. The molecule has 2 amide bonds. The molecule has 1 atom stereocenters. The Morgan fingerprint density at radius 3 is 2.61 bits per heavy atom. The summed E-state index contributed by atoms with van der Waals surface area (Å²) in [6.07, 6.45) is 4.19. The number of fused-ring (bicyclic) bond motifs is 1. The highest BCUT2D eigenvalue weighted by atomic mass is 19.1. The van der Waals surface area contributed by atoms with Gasteiger partial charge in [0.2, 0.25) is 0 Å². The van der Waals surface area contributed by atoms with E-state index in [0.717, 1.165) is 49.1 Å². The molecule has 0 aromatic heterocycles. The first-order valence-electron chi connectivity index (χ1n) is 12.2. The van der Waals surface area contributed by atoms with Gasteiger partial charge in [-0.25, -0.2) is 4.39 Å². The van der Waals surface area contributed by atoms with Crippen LogP contribution in [0.25, 0.3) is 0 Å². The Morgan fingerprint density at radius 1 is 1.06 bits per heavy atom. The Hall–Kier alpha value is -4.00. The van der Waals surface area contributed by atoms with Crippen molar-refractivity contribution in [2.24, 2.45) is 10.6 Å². The van der Waals surface area contributed by atoms with Crippen molar-refractivity contribution in [2.75, 3.05) is 16.8 Å². The number of carbonyl (C=O) groups is 2. The Bertz CT molecular complexity index is 1350. The van der Waals surface area contributed by atoms with Gasteiger partial charge in [-0.2, -0.15) is 0 Å². The van der Waals surface area contributed by atoms with Crippen LogP contribution in [0.4, 0.5) is 15.8 Å². The van der Waals surface area contributed by atoms with Crippen LogP contribution in [-0.2, 0) is 6.42 Å². The van der Waals surface area contributed by atoms with Crippen molar-refractivity contribution in [1.82, 2.24) is 0 Å². The fourth-order valence-electron chi connectivity index (χ4n) is 5.54. The first-order chi connectivity index (χ1) is 17.4. The molecule has 1 fully saturated rings. The van der Waals surface area contributed by atoms with Crippen LogP contribution >= 0.6 is 0 Å². The van der Waals surface area contributed by atoms with Crippen LogP contribution in [-0.4, -0.2) is 29.3 Å². The highest BCUT2D eigenvalue weighted by molar-refractivity contribution is 6.08. The molecule has 0 saturated heterocycles. The molecule has 1 aliphatic heterocycles. The van der Waals surface area contributed by atoms with Crippen LogP contribution in [0.2, 0.25) is 0 Å². The zero-order valence-corrected chi connectivity index (χ0v) is 20.1. The number of para-hydroxylation sites is 1. The molecule has 36 heavy (non-hydrogen) atoms. The third-order valence-electron chi connectivity index (χ3n) is 7.51. The van der Waals surface area contributed by atoms with Gasteiger partial charge in [0, 0.05) is 34.5 Å². The number of hydrogen-bond donors (Lipinski definition) is 2. The summed E-state index contributed by atoms with van der Waals surface area (Å²) in [5.74, 6) is -1.00. The number of nitrogens with zero attached hydrogens (tertiary/aromatic N) is 2. The second-order valence-corrected chi connectivity index (χ2v) is 9.68. The number of carbonyl (C=O) groups excluding carboxylic acids is 2. The van der Waals surface area contributed by atoms with Gasteiger partial charge in [-0.1, -0.05) is 29.4 Å². The minimum Gasteiger partial charge on any atom is -0.411 e. The van der Waals surface area contributed by atoms with Crippen molar-refractivity contribution in [1.29, 1.82) is 0 Å². The van der Waals surface area contributed by atoms with Crippen LogP contribution in [0, 0.1) is 18.2 Å². The second-order valence-electron chi connectivity index (χ2n) is 9.68. The second kappa shape index (κ2) is 9.57. The molecule has 0 bridgehead atoms. The smallest absolute Gasteiger partial charge is 0.258 e. The molecule has 7 heteroatoms. The molecule has 0 radical (unpaired) electrons. The van der Waals surface area contributed by atoms with Gasteiger partial charge in [0.15, 0.2) is 0 Å². The maximum Gasteiger partial charge on any atom is 0.258 e. The molecule has 3 aromatic carbocycles. The van der Waals surface area contributed by atoms with E-state index in [1.165, 1.54) is 12.1 Å². The summed E-state index contributed by atoms with van der Waals surface area (Å²) in [4.78, 5) is 28.1. The van der Waals surface area contributed by atoms with Crippen molar-refractivity contribution >= 4 is 28.9 Å². The quantitative estimate of drug-likeness (QED) is 0.354. The zero-order valence-electron chi connectivity index (χ0n) is 20.1. The number of nitrogens with one attached hydrogen (secondary N) is 1. The predicted molar refractivity (Wildman–Crippen MR) is 137 cm³/mol. The van der Waals surface area contributed by atoms with E-state index in [4.69, 9.17) is 0 Å². The number of aryl methyl sites for hydroxylation is 1. The zero-order chi connectivity index (χ0) is 25.3. The number of oxime groups is 1. The van der Waals surface area contributed by atoms with E-state index >= 15 is 0 Å². The van der Waals surface area contributed by atoms with E-state index < -0.39 is 11.7 Å². The molecular formula is C29H28FN3O3. The standard InChI is InChI=1S/C29H28FN3O3/c1-19-8-11-22(30)17-24(19)27(34)31-23-12-9-20(10-13-23)28(35)33-16-15-29(14-4-7-26(29)32-36)18-21-5-2-3-6-25(21)33/h2-3,5-6,8-13,17,36H,4,7,14-16,18H2,1H3,(H,31,34)/b32-26+. The van der Waals surface area contributed by atoms with Gasteiger partial charge >= 0.3 is 0 Å². The van der Waals surface area contributed by atoms with Gasteiger partial charge in [0.25, 0.3) is 11.8 Å². The molecule has 1 heterocycles. The first kappa shape index (κ1) is 23.7. The topological polar surface area (TPSA) is 82.0 Å². The molecular weight excluding hydrogens is 457 g/mol. The number of amides is 2. The molecule has 2 aliphatic rings. The van der Waals surface area contributed by atoms with Crippen molar-refractivity contribution in [2.45, 2.75) is 39.0 Å². The number of halogens is 1. The summed E-state index contributed by atoms with van der Waals surface area (Å²) in [5, 5.41) is 16.0. The van der Waals surface area contributed by atoms with E-state index in [2.05, 4.69) is 10.5 Å². The van der Waals surface area contributed by atoms with E-state index in [1.54, 1.807) is 42.2 Å². The summed E-state index contributed by atoms with van der Waals surface area (Å²) in [6, 6.07) is 18.8. The van der Waals surface area contributed by atoms with E-state index in [9.17, 15) is 19.2 Å². The minimum absolute atomic E-state index is 0.126. The Balaban J connectivity index is 1.37. The Morgan fingerprint density at radius 2 is 1.83 bits per heavy atom. The Labute approximate surface area is 209 Å². The predicted octanol–water partition coefficient (Wildman–Crippen LogP) is 5.98. The van der Waals surface area contributed by atoms with Crippen LogP contribution in [0.1, 0.15) is 57.5 Å². The van der Waals surface area contributed by atoms with Crippen LogP contribution in [0.3, 0.4) is 0 Å². The molecule has 5 rings (SSSR count). The van der Waals surface area contributed by atoms with Gasteiger partial charge in [0.1, 0.15) is 5.82 Å². The molecule has 3 aromatic rings. The highest BCUT2D eigenvalue weighted by Gasteiger charge is 2.43. The van der Waals surface area contributed by atoms with Crippen molar-refractivity contribution in [3.8, 4) is 0 Å². The van der Waals surface area contributed by atoms with E-state index in [-0.39, 0.29) is 16.9 Å². The fraction of sp³-hybridized carbons (Fsp3) is 0.276. The monoisotopic (exact) mass is 485 g/mol. The van der Waals surface area contributed by atoms with E-state index in [1.807, 2.05) is 24.3 Å². The lowest BCUT2D eigenvalue weighted by atomic mass is 9.76. The maximum absolute atomic E-state index is 13.6. The van der Waals surface area contributed by atoms with Gasteiger partial charge in [-0.05, 0) is 92.6 Å². The van der Waals surface area contributed by atoms with Crippen LogP contribution < -0.4 is 10.2 Å². The first-order valence-corrected chi connectivity index (χ1v) is 12.2. The SMILES string of the molecule is Cc1ccc(F)cc1C(=O)Nc1ccc(C(=O)N2CCC3(CCC/C3=N\O)Cc3ccccc32)cc1. The number of rotatable bonds is 3. The van der Waals surface area contributed by atoms with Crippen LogP contribution in [0.15, 0.2) is 71.9 Å². The lowest BCUT2D eigenvalue weighted by Gasteiger charge is -2.28. The number of hydrogen-bond acceptors (Lipinski definition) is 4. The summed E-state index contributed by atoms with van der Waals surface area (Å²) >= 11 is 0. The van der Waals surface area contributed by atoms with Crippen molar-refractivity contribution in [3.05, 3.63) is 94.8 Å². The van der Waals surface area contributed by atoms with Gasteiger partial charge in [-0.15, -0.1) is 0 Å². The van der Waals surface area contributed by atoms with Crippen LogP contribution in [0.5, 0.6) is 0 Å². The molecule has 1 aliphatic carbocycles. The summed E-state index contributed by atoms with van der Waals surface area (Å²) in [5.41, 5.74) is 4.53. The minimum atomic E-state index is -0.471.